The van der Waals surface area contributed by atoms with Crippen molar-refractivity contribution in [3.8, 4) is 0 Å². The van der Waals surface area contributed by atoms with E-state index in [-0.39, 0.29) is 35.6 Å². The van der Waals surface area contributed by atoms with Gasteiger partial charge >= 0.3 is 0 Å². The van der Waals surface area contributed by atoms with Crippen LogP contribution in [0.1, 0.15) is 38.3 Å². The van der Waals surface area contributed by atoms with Gasteiger partial charge in [-0.3, -0.25) is 4.99 Å². The van der Waals surface area contributed by atoms with Gasteiger partial charge in [-0.2, -0.15) is 0 Å². The summed E-state index contributed by atoms with van der Waals surface area (Å²) in [5.74, 6) is 0.875. The van der Waals surface area contributed by atoms with Crippen LogP contribution in [0.4, 0.5) is 0 Å². The molecule has 0 amide bonds. The van der Waals surface area contributed by atoms with Crippen molar-refractivity contribution in [3.05, 3.63) is 60.4 Å². The summed E-state index contributed by atoms with van der Waals surface area (Å²) >= 11 is 0. The average Bonchev–Trinajstić information content (AvgIpc) is 3.27. The quantitative estimate of drug-likeness (QED) is 0.266. The summed E-state index contributed by atoms with van der Waals surface area (Å²) in [5, 5.41) is 10.7. The van der Waals surface area contributed by atoms with Gasteiger partial charge in [-0.05, 0) is 44.4 Å². The number of rotatable bonds is 9. The summed E-state index contributed by atoms with van der Waals surface area (Å²) in [4.78, 5) is 4.94. The third kappa shape index (κ3) is 7.59. The Hall–Kier alpha value is -1.58. The lowest BCUT2D eigenvalue weighted by molar-refractivity contribution is 0.0374. The molecule has 2 aromatic rings. The van der Waals surface area contributed by atoms with Crippen LogP contribution in [0.2, 0.25) is 0 Å². The molecular weight excluding hydrogens is 489 g/mol. The van der Waals surface area contributed by atoms with Gasteiger partial charge in [0.05, 0.1) is 6.54 Å². The molecular formula is C23H36IN5O. The molecule has 0 radical (unpaired) electrons. The fourth-order valence-corrected chi connectivity index (χ4v) is 3.79. The van der Waals surface area contributed by atoms with Gasteiger partial charge in [-0.25, -0.2) is 0 Å². The van der Waals surface area contributed by atoms with Crippen molar-refractivity contribution in [1.82, 2.24) is 20.5 Å². The highest BCUT2D eigenvalue weighted by molar-refractivity contribution is 14.0. The van der Waals surface area contributed by atoms with Crippen molar-refractivity contribution in [3.63, 3.8) is 0 Å². The van der Waals surface area contributed by atoms with Crippen LogP contribution in [0.3, 0.4) is 0 Å². The maximum atomic E-state index is 5.65. The number of guanidine groups is 1. The fourth-order valence-electron chi connectivity index (χ4n) is 3.79. The van der Waals surface area contributed by atoms with Crippen LogP contribution in [0.25, 0.3) is 0 Å². The number of nitrogens with zero attached hydrogens (tertiary/aromatic N) is 2. The molecule has 1 atom stereocenters. The second kappa shape index (κ2) is 13.0. The molecule has 2 heterocycles. The van der Waals surface area contributed by atoms with Gasteiger partial charge in [-0.1, -0.05) is 30.3 Å². The van der Waals surface area contributed by atoms with E-state index in [2.05, 4.69) is 77.1 Å². The average molecular weight is 525 g/mol. The zero-order valence-electron chi connectivity index (χ0n) is 18.1. The molecule has 1 fully saturated rings. The molecule has 1 saturated heterocycles. The largest absolute Gasteiger partial charge is 0.381 e. The van der Waals surface area contributed by atoms with Gasteiger partial charge in [0.1, 0.15) is 0 Å². The highest BCUT2D eigenvalue weighted by Gasteiger charge is 2.34. The third-order valence-corrected chi connectivity index (χ3v) is 5.48. The molecule has 0 bridgehead atoms. The first-order valence-electron chi connectivity index (χ1n) is 10.7. The summed E-state index contributed by atoms with van der Waals surface area (Å²) in [5.41, 5.74) is 1.26. The highest BCUT2D eigenvalue weighted by atomic mass is 127. The van der Waals surface area contributed by atoms with Gasteiger partial charge in [0.15, 0.2) is 5.96 Å². The molecule has 1 aromatic heterocycles. The zero-order chi connectivity index (χ0) is 20.4. The van der Waals surface area contributed by atoms with Crippen LogP contribution >= 0.6 is 24.0 Å². The molecule has 1 aliphatic heterocycles. The zero-order valence-corrected chi connectivity index (χ0v) is 20.5. The number of aliphatic imine (C=N–C) groups is 1. The first-order chi connectivity index (χ1) is 14.2. The maximum absolute atomic E-state index is 5.65. The number of aromatic nitrogens is 1. The van der Waals surface area contributed by atoms with Crippen LogP contribution < -0.4 is 16.0 Å². The summed E-state index contributed by atoms with van der Waals surface area (Å²) in [6.07, 6.45) is 6.10. The monoisotopic (exact) mass is 525 g/mol. The Kier molecular flexibility index (Phi) is 10.7. The Morgan fingerprint density at radius 1 is 1.10 bits per heavy atom. The molecule has 6 nitrogen and oxygen atoms in total. The Morgan fingerprint density at radius 3 is 2.47 bits per heavy atom. The maximum Gasteiger partial charge on any atom is 0.191 e. The van der Waals surface area contributed by atoms with E-state index in [1.807, 2.05) is 12.1 Å². The number of benzene rings is 1. The molecule has 0 spiro atoms. The second-order valence-electron chi connectivity index (χ2n) is 7.71. The van der Waals surface area contributed by atoms with E-state index in [1.54, 1.807) is 0 Å². The Labute approximate surface area is 197 Å². The number of ether oxygens (including phenoxy) is 1. The van der Waals surface area contributed by atoms with Gasteiger partial charge in [-0.15, -0.1) is 24.0 Å². The van der Waals surface area contributed by atoms with E-state index in [0.29, 0.717) is 0 Å². The topological polar surface area (TPSA) is 62.6 Å². The minimum Gasteiger partial charge on any atom is -0.381 e. The molecule has 3 N–H and O–H groups in total. The predicted molar refractivity (Wildman–Crippen MR) is 135 cm³/mol. The molecule has 1 unspecified atom stereocenters. The van der Waals surface area contributed by atoms with Gasteiger partial charge < -0.3 is 25.3 Å². The lowest BCUT2D eigenvalue weighted by Crippen LogP contribution is -2.53. The van der Waals surface area contributed by atoms with E-state index >= 15 is 0 Å². The van der Waals surface area contributed by atoms with Crippen LogP contribution in [0.15, 0.2) is 59.9 Å². The Balaban J connectivity index is 0.00000320. The van der Waals surface area contributed by atoms with E-state index in [0.717, 1.165) is 58.2 Å². The molecule has 0 saturated carbocycles. The lowest BCUT2D eigenvalue weighted by Gasteiger charge is -2.39. The van der Waals surface area contributed by atoms with Gasteiger partial charge in [0, 0.05) is 56.8 Å². The van der Waals surface area contributed by atoms with E-state index in [1.165, 1.54) is 5.56 Å². The molecule has 3 rings (SSSR count). The molecule has 0 aliphatic carbocycles. The Bertz CT molecular complexity index is 729. The molecule has 30 heavy (non-hydrogen) atoms. The van der Waals surface area contributed by atoms with Gasteiger partial charge in [0.2, 0.25) is 0 Å². The third-order valence-electron chi connectivity index (χ3n) is 5.48. The normalized spacial score (nSPS) is 17.1. The molecule has 7 heteroatoms. The highest BCUT2D eigenvalue weighted by Crippen LogP contribution is 2.26. The van der Waals surface area contributed by atoms with Crippen molar-refractivity contribution in [2.45, 2.75) is 44.8 Å². The number of nitrogens with one attached hydrogen (secondary N) is 3. The smallest absolute Gasteiger partial charge is 0.191 e. The molecule has 1 aliphatic rings. The predicted octanol–water partition coefficient (Wildman–Crippen LogP) is 3.56. The lowest BCUT2D eigenvalue weighted by atomic mass is 9.88. The van der Waals surface area contributed by atoms with Crippen molar-refractivity contribution in [2.75, 3.05) is 32.8 Å². The minimum absolute atomic E-state index is 0. The minimum atomic E-state index is -0.0453. The molecule has 1 aromatic carbocycles. The number of halogens is 1. The van der Waals surface area contributed by atoms with Crippen LogP contribution in [0, 0.1) is 0 Å². The van der Waals surface area contributed by atoms with Gasteiger partial charge in [0.25, 0.3) is 0 Å². The number of hydrogen-bond donors (Lipinski definition) is 3. The first-order valence-corrected chi connectivity index (χ1v) is 10.7. The first kappa shape index (κ1) is 24.7. The summed E-state index contributed by atoms with van der Waals surface area (Å²) in [6, 6.07) is 15.0. The fraction of sp³-hybridized carbons (Fsp3) is 0.522. The van der Waals surface area contributed by atoms with Crippen molar-refractivity contribution >= 4 is 29.9 Å². The van der Waals surface area contributed by atoms with E-state index < -0.39 is 0 Å². The Morgan fingerprint density at radius 2 is 1.80 bits per heavy atom. The molecule has 166 valence electrons. The van der Waals surface area contributed by atoms with Crippen molar-refractivity contribution < 1.29 is 4.74 Å². The van der Waals surface area contributed by atoms with Crippen LogP contribution in [-0.4, -0.2) is 48.9 Å². The van der Waals surface area contributed by atoms with Crippen molar-refractivity contribution in [2.24, 2.45) is 4.99 Å². The summed E-state index contributed by atoms with van der Waals surface area (Å²) in [6.45, 7) is 9.22. The van der Waals surface area contributed by atoms with E-state index in [9.17, 15) is 0 Å². The van der Waals surface area contributed by atoms with Crippen molar-refractivity contribution in [1.29, 1.82) is 0 Å². The SMILES string of the molecule is CCNC(=NCC1(NC(C)c2ccccc2)CCOCC1)NCCn1cccc1.I. The standard InChI is InChI=1S/C23H35N5O.HI/c1-3-24-22(25-13-16-28-14-7-8-15-28)26-19-23(11-17-29-18-12-23)27-20(2)21-9-5-4-6-10-21;/h4-10,14-15,20,27H,3,11-13,16-19H2,1-2H3,(H2,24,25,26);1H. The number of hydrogen-bond acceptors (Lipinski definition) is 3. The summed E-state index contributed by atoms with van der Waals surface area (Å²) < 4.78 is 7.82. The van der Waals surface area contributed by atoms with Crippen LogP contribution in [0.5, 0.6) is 0 Å². The second-order valence-corrected chi connectivity index (χ2v) is 7.71. The van der Waals surface area contributed by atoms with E-state index in [4.69, 9.17) is 9.73 Å². The summed E-state index contributed by atoms with van der Waals surface area (Å²) in [7, 11) is 0. The van der Waals surface area contributed by atoms with Crippen LogP contribution in [-0.2, 0) is 11.3 Å².